The number of aliphatic imine (C=N–C) groups is 1. The molecule has 124 valence electrons. The van der Waals surface area contributed by atoms with E-state index >= 15 is 0 Å². The van der Waals surface area contributed by atoms with E-state index in [-0.39, 0.29) is 0 Å². The quantitative estimate of drug-likeness (QED) is 0.617. The van der Waals surface area contributed by atoms with Crippen molar-refractivity contribution in [2.24, 2.45) is 4.99 Å². The first-order valence-corrected chi connectivity index (χ1v) is 10.2. The summed E-state index contributed by atoms with van der Waals surface area (Å²) in [5.41, 5.74) is 1.25. The highest BCUT2D eigenvalue weighted by Gasteiger charge is 2.24. The molecule has 2 N–H and O–H groups in total. The molecule has 1 heterocycles. The number of hydrogen-bond acceptors (Lipinski definition) is 4. The number of thioether (sulfide) groups is 1. The van der Waals surface area contributed by atoms with E-state index in [1.807, 2.05) is 30.1 Å². The van der Waals surface area contributed by atoms with E-state index in [0.717, 1.165) is 30.6 Å². The first-order valence-electron chi connectivity index (χ1n) is 8.11. The first-order chi connectivity index (χ1) is 10.7. The maximum atomic E-state index is 4.69. The molecule has 1 aliphatic rings. The zero-order chi connectivity index (χ0) is 15.9. The summed E-state index contributed by atoms with van der Waals surface area (Å²) in [6.45, 7) is 5.21. The van der Waals surface area contributed by atoms with Crippen molar-refractivity contribution < 1.29 is 0 Å². The second-order valence-corrected chi connectivity index (χ2v) is 8.15. The van der Waals surface area contributed by atoms with Crippen LogP contribution in [0.2, 0.25) is 0 Å². The lowest BCUT2D eigenvalue weighted by molar-refractivity contribution is 0.614. The zero-order valence-corrected chi connectivity index (χ0v) is 15.7. The summed E-state index contributed by atoms with van der Waals surface area (Å²) < 4.78 is 0. The minimum Gasteiger partial charge on any atom is -0.356 e. The van der Waals surface area contributed by atoms with Crippen LogP contribution in [0.5, 0.6) is 0 Å². The molecule has 2 rings (SSSR count). The number of nitrogens with zero attached hydrogens (tertiary/aromatic N) is 2. The Morgan fingerprint density at radius 2 is 2.27 bits per heavy atom. The molecule has 1 aromatic heterocycles. The monoisotopic (exact) mass is 340 g/mol. The van der Waals surface area contributed by atoms with Gasteiger partial charge in [-0.1, -0.05) is 6.92 Å². The molecule has 0 spiro atoms. The molecule has 22 heavy (non-hydrogen) atoms. The largest absolute Gasteiger partial charge is 0.356 e. The molecule has 0 bridgehead atoms. The van der Waals surface area contributed by atoms with Crippen molar-refractivity contribution in [2.75, 3.05) is 19.8 Å². The van der Waals surface area contributed by atoms with Crippen molar-refractivity contribution in [2.45, 2.75) is 57.2 Å². The highest BCUT2D eigenvalue weighted by Crippen LogP contribution is 2.28. The number of rotatable bonds is 6. The predicted octanol–water partition coefficient (Wildman–Crippen LogP) is 3.01. The van der Waals surface area contributed by atoms with Crippen LogP contribution in [0.1, 0.15) is 41.8 Å². The Labute approximate surface area is 142 Å². The second-order valence-electron chi connectivity index (χ2n) is 5.73. The molecule has 0 radical (unpaired) electrons. The van der Waals surface area contributed by atoms with Crippen LogP contribution in [-0.2, 0) is 12.8 Å². The van der Waals surface area contributed by atoms with Gasteiger partial charge < -0.3 is 10.6 Å². The molecular weight excluding hydrogens is 312 g/mol. The van der Waals surface area contributed by atoms with Gasteiger partial charge in [-0.25, -0.2) is 4.98 Å². The van der Waals surface area contributed by atoms with Gasteiger partial charge in [0, 0.05) is 36.2 Å². The summed E-state index contributed by atoms with van der Waals surface area (Å²) in [6, 6.07) is 0.567. The normalized spacial score (nSPS) is 22.1. The molecule has 2 unspecified atom stereocenters. The van der Waals surface area contributed by atoms with Crippen LogP contribution < -0.4 is 10.6 Å². The lowest BCUT2D eigenvalue weighted by Gasteiger charge is -2.17. The molecule has 0 saturated heterocycles. The number of thiazole rings is 1. The highest BCUT2D eigenvalue weighted by atomic mass is 32.2. The molecule has 1 saturated carbocycles. The first kappa shape index (κ1) is 17.6. The summed E-state index contributed by atoms with van der Waals surface area (Å²) in [7, 11) is 1.85. The summed E-state index contributed by atoms with van der Waals surface area (Å²) in [5, 5.41) is 9.01. The minimum atomic E-state index is 0.567. The van der Waals surface area contributed by atoms with Crippen molar-refractivity contribution in [3.63, 3.8) is 0 Å². The van der Waals surface area contributed by atoms with Gasteiger partial charge >= 0.3 is 0 Å². The number of aryl methyl sites for hydroxylation is 2. The Balaban J connectivity index is 1.74. The Morgan fingerprint density at radius 3 is 2.86 bits per heavy atom. The van der Waals surface area contributed by atoms with Gasteiger partial charge in [0.2, 0.25) is 0 Å². The maximum absolute atomic E-state index is 4.69. The fourth-order valence-corrected chi connectivity index (χ4v) is 4.70. The van der Waals surface area contributed by atoms with Gasteiger partial charge in [-0.05, 0) is 38.9 Å². The van der Waals surface area contributed by atoms with Gasteiger partial charge in [-0.3, -0.25) is 4.99 Å². The van der Waals surface area contributed by atoms with Crippen molar-refractivity contribution in [1.29, 1.82) is 0 Å². The van der Waals surface area contributed by atoms with Crippen LogP contribution in [0.3, 0.4) is 0 Å². The standard InChI is InChI=1S/C16H28N4S2/c1-5-14-11(2)22-15(20-14)8-9-18-16(17-3)19-12-6-7-13(10-12)21-4/h12-13H,5-10H2,1-4H3,(H2,17,18,19). The Morgan fingerprint density at radius 1 is 1.45 bits per heavy atom. The molecular formula is C16H28N4S2. The third-order valence-corrected chi connectivity index (χ3v) is 6.35. The lowest BCUT2D eigenvalue weighted by Crippen LogP contribution is -2.43. The Kier molecular flexibility index (Phi) is 7.02. The van der Waals surface area contributed by atoms with Gasteiger partial charge in [0.25, 0.3) is 0 Å². The van der Waals surface area contributed by atoms with Crippen LogP contribution in [0.25, 0.3) is 0 Å². The number of hydrogen-bond donors (Lipinski definition) is 2. The third-order valence-electron chi connectivity index (χ3n) is 4.19. The van der Waals surface area contributed by atoms with Crippen LogP contribution in [0.15, 0.2) is 4.99 Å². The third kappa shape index (κ3) is 4.88. The van der Waals surface area contributed by atoms with Gasteiger partial charge in [0.1, 0.15) is 0 Å². The van der Waals surface area contributed by atoms with Gasteiger partial charge in [-0.15, -0.1) is 11.3 Å². The molecule has 1 fully saturated rings. The number of guanidine groups is 1. The van der Waals surface area contributed by atoms with E-state index in [2.05, 4.69) is 35.7 Å². The maximum Gasteiger partial charge on any atom is 0.191 e. The van der Waals surface area contributed by atoms with Crippen LogP contribution in [0, 0.1) is 6.92 Å². The van der Waals surface area contributed by atoms with Crippen LogP contribution in [-0.4, -0.2) is 42.1 Å². The SMILES string of the molecule is CCc1nc(CCNC(=NC)NC2CCC(SC)C2)sc1C. The van der Waals surface area contributed by atoms with Crippen molar-refractivity contribution in [1.82, 2.24) is 15.6 Å². The van der Waals surface area contributed by atoms with Crippen LogP contribution in [0.4, 0.5) is 0 Å². The molecule has 6 heteroatoms. The minimum absolute atomic E-state index is 0.567. The van der Waals surface area contributed by atoms with Crippen LogP contribution >= 0.6 is 23.1 Å². The predicted molar refractivity (Wildman–Crippen MR) is 99.4 cm³/mol. The summed E-state index contributed by atoms with van der Waals surface area (Å²) in [4.78, 5) is 10.4. The molecule has 4 nitrogen and oxygen atoms in total. The smallest absolute Gasteiger partial charge is 0.191 e. The van der Waals surface area contributed by atoms with E-state index in [0.29, 0.717) is 6.04 Å². The topological polar surface area (TPSA) is 49.3 Å². The van der Waals surface area contributed by atoms with E-state index < -0.39 is 0 Å². The van der Waals surface area contributed by atoms with Gasteiger partial charge in [0.15, 0.2) is 5.96 Å². The highest BCUT2D eigenvalue weighted by molar-refractivity contribution is 7.99. The lowest BCUT2D eigenvalue weighted by atomic mass is 10.2. The number of nitrogens with one attached hydrogen (secondary N) is 2. The van der Waals surface area contributed by atoms with E-state index in [9.17, 15) is 0 Å². The molecule has 0 aliphatic heterocycles. The molecule has 1 aliphatic carbocycles. The van der Waals surface area contributed by atoms with Gasteiger partial charge in [-0.2, -0.15) is 11.8 Å². The summed E-state index contributed by atoms with van der Waals surface area (Å²) in [6.07, 6.45) is 8.00. The van der Waals surface area contributed by atoms with Crippen molar-refractivity contribution >= 4 is 29.1 Å². The Bertz CT molecular complexity index is 498. The molecule has 2 atom stereocenters. The molecule has 0 amide bonds. The Hall–Kier alpha value is -0.750. The second kappa shape index (κ2) is 8.77. The van der Waals surface area contributed by atoms with E-state index in [4.69, 9.17) is 4.98 Å². The number of aromatic nitrogens is 1. The average molecular weight is 341 g/mol. The van der Waals surface area contributed by atoms with Crippen molar-refractivity contribution in [3.05, 3.63) is 15.6 Å². The summed E-state index contributed by atoms with van der Waals surface area (Å²) >= 11 is 3.80. The summed E-state index contributed by atoms with van der Waals surface area (Å²) in [5.74, 6) is 0.927. The van der Waals surface area contributed by atoms with Crippen molar-refractivity contribution in [3.8, 4) is 0 Å². The molecule has 1 aromatic rings. The fourth-order valence-electron chi connectivity index (χ4n) is 2.88. The van der Waals surface area contributed by atoms with Gasteiger partial charge in [0.05, 0.1) is 10.7 Å². The van der Waals surface area contributed by atoms with E-state index in [1.165, 1.54) is 34.8 Å². The zero-order valence-electron chi connectivity index (χ0n) is 14.1. The average Bonchev–Trinajstić information content (AvgIpc) is 3.12. The van der Waals surface area contributed by atoms with E-state index in [1.54, 1.807) is 0 Å². The fraction of sp³-hybridized carbons (Fsp3) is 0.750. The molecule has 0 aromatic carbocycles.